The molecule has 0 saturated heterocycles. The Kier molecular flexibility index (Phi) is 3.70. The quantitative estimate of drug-likeness (QED) is 0.433. The molecule has 0 aromatic carbocycles. The first-order valence-electron chi connectivity index (χ1n) is 4.00. The summed E-state index contributed by atoms with van der Waals surface area (Å²) < 4.78 is 0. The zero-order valence-electron chi connectivity index (χ0n) is 7.80. The van der Waals surface area contributed by atoms with E-state index in [9.17, 15) is 9.70 Å². The number of thioether (sulfide) groups is 1. The minimum absolute atomic E-state index is 0.119. The lowest BCUT2D eigenvalue weighted by Gasteiger charge is -2.01. The van der Waals surface area contributed by atoms with Crippen molar-refractivity contribution in [3.63, 3.8) is 0 Å². The van der Waals surface area contributed by atoms with Crippen molar-refractivity contribution in [1.82, 2.24) is 9.97 Å². The van der Waals surface area contributed by atoms with Gasteiger partial charge in [0.25, 0.3) is 0 Å². The van der Waals surface area contributed by atoms with E-state index in [1.165, 1.54) is 24.2 Å². The molecular weight excluding hydrogens is 202 g/mol. The van der Waals surface area contributed by atoms with Crippen LogP contribution in [0.5, 0.6) is 0 Å². The third-order valence-corrected chi connectivity index (χ3v) is 2.19. The van der Waals surface area contributed by atoms with Gasteiger partial charge in [0, 0.05) is 22.8 Å². The smallest absolute Gasteiger partial charge is 0.263 e. The molecule has 74 valence electrons. The zero-order chi connectivity index (χ0) is 10.6. The molecule has 14 heavy (non-hydrogen) atoms. The minimum atomic E-state index is -0.842. The molecule has 0 unspecified atom stereocenters. The number of carbonyl (C=O) groups is 1. The summed E-state index contributed by atoms with van der Waals surface area (Å²) in [6.07, 6.45) is 2.61. The van der Waals surface area contributed by atoms with Gasteiger partial charge in [-0.25, -0.2) is 9.97 Å². The van der Waals surface area contributed by atoms with Crippen LogP contribution < -0.4 is 0 Å². The average molecular weight is 211 g/mol. The Balaban J connectivity index is 2.78. The SMILES string of the molecule is CC(C)Sc1ncc(C(=O)N=O)cn1. The Morgan fingerprint density at radius 1 is 1.43 bits per heavy atom. The van der Waals surface area contributed by atoms with Crippen molar-refractivity contribution < 1.29 is 4.79 Å². The highest BCUT2D eigenvalue weighted by molar-refractivity contribution is 7.99. The van der Waals surface area contributed by atoms with Gasteiger partial charge in [0.1, 0.15) is 0 Å². The van der Waals surface area contributed by atoms with E-state index in [0.717, 1.165) is 0 Å². The maximum atomic E-state index is 10.8. The summed E-state index contributed by atoms with van der Waals surface area (Å²) in [5, 5.41) is 3.23. The van der Waals surface area contributed by atoms with Crippen molar-refractivity contribution >= 4 is 17.7 Å². The van der Waals surface area contributed by atoms with Crippen molar-refractivity contribution in [3.05, 3.63) is 22.9 Å². The molecule has 1 rings (SSSR count). The van der Waals surface area contributed by atoms with Crippen molar-refractivity contribution in [2.75, 3.05) is 0 Å². The van der Waals surface area contributed by atoms with Gasteiger partial charge in [-0.1, -0.05) is 25.6 Å². The van der Waals surface area contributed by atoms with Gasteiger partial charge in [-0.3, -0.25) is 4.79 Å². The summed E-state index contributed by atoms with van der Waals surface area (Å²) in [5.41, 5.74) is 0.119. The van der Waals surface area contributed by atoms with Crippen LogP contribution in [0.2, 0.25) is 0 Å². The van der Waals surface area contributed by atoms with Crippen LogP contribution in [0.25, 0.3) is 0 Å². The Hall–Kier alpha value is -1.30. The zero-order valence-corrected chi connectivity index (χ0v) is 8.61. The van der Waals surface area contributed by atoms with E-state index in [2.05, 4.69) is 15.1 Å². The molecule has 1 aromatic heterocycles. The number of hydrogen-bond donors (Lipinski definition) is 0. The van der Waals surface area contributed by atoms with E-state index < -0.39 is 5.91 Å². The number of hydrogen-bond acceptors (Lipinski definition) is 5. The first kappa shape index (κ1) is 10.8. The van der Waals surface area contributed by atoms with E-state index >= 15 is 0 Å². The van der Waals surface area contributed by atoms with E-state index in [-0.39, 0.29) is 5.56 Å². The second-order valence-corrected chi connectivity index (χ2v) is 4.36. The van der Waals surface area contributed by atoms with Crippen molar-refractivity contribution in [2.45, 2.75) is 24.3 Å². The molecule has 0 spiro atoms. The van der Waals surface area contributed by atoms with Crippen LogP contribution in [0, 0.1) is 4.91 Å². The van der Waals surface area contributed by atoms with Crippen LogP contribution in [-0.2, 0) is 0 Å². The molecule has 0 saturated carbocycles. The lowest BCUT2D eigenvalue weighted by molar-refractivity contribution is 0.1000. The van der Waals surface area contributed by atoms with Gasteiger partial charge in [0.15, 0.2) is 5.16 Å². The van der Waals surface area contributed by atoms with Crippen LogP contribution in [0.1, 0.15) is 24.2 Å². The van der Waals surface area contributed by atoms with Crippen molar-refractivity contribution in [2.24, 2.45) is 5.18 Å². The molecule has 1 aromatic rings. The van der Waals surface area contributed by atoms with Crippen LogP contribution in [-0.4, -0.2) is 21.1 Å². The summed E-state index contributed by atoms with van der Waals surface area (Å²) >= 11 is 1.48. The molecule has 0 fully saturated rings. The largest absolute Gasteiger partial charge is 0.319 e. The first-order valence-corrected chi connectivity index (χ1v) is 4.88. The van der Waals surface area contributed by atoms with E-state index in [4.69, 9.17) is 0 Å². The number of aromatic nitrogens is 2. The van der Waals surface area contributed by atoms with E-state index in [1.54, 1.807) is 0 Å². The van der Waals surface area contributed by atoms with Crippen LogP contribution in [0.15, 0.2) is 22.7 Å². The summed E-state index contributed by atoms with van der Waals surface area (Å²) in [5.74, 6) is -0.842. The lowest BCUT2D eigenvalue weighted by Crippen LogP contribution is -1.98. The fourth-order valence-corrected chi connectivity index (χ4v) is 1.40. The highest BCUT2D eigenvalue weighted by Gasteiger charge is 2.07. The Labute approximate surface area is 85.3 Å². The molecular formula is C8H9N3O2S. The number of carbonyl (C=O) groups excluding carboxylic acids is 1. The van der Waals surface area contributed by atoms with Gasteiger partial charge in [-0.2, -0.15) is 0 Å². The Bertz CT molecular complexity index is 337. The standard InChI is InChI=1S/C8H9N3O2S/c1-5(2)14-8-9-3-6(4-10-8)7(12)11-13/h3-5H,1-2H3. The predicted molar refractivity (Wildman–Crippen MR) is 53.2 cm³/mol. The normalized spacial score (nSPS) is 10.2. The molecule has 6 heteroatoms. The molecule has 0 aliphatic heterocycles. The molecule has 0 atom stereocenters. The number of rotatable bonds is 3. The summed E-state index contributed by atoms with van der Waals surface area (Å²) in [6.45, 7) is 4.03. The van der Waals surface area contributed by atoms with E-state index in [1.807, 2.05) is 13.8 Å². The third kappa shape index (κ3) is 2.88. The van der Waals surface area contributed by atoms with E-state index in [0.29, 0.717) is 10.4 Å². The van der Waals surface area contributed by atoms with Gasteiger partial charge in [-0.15, -0.1) is 4.91 Å². The monoisotopic (exact) mass is 211 g/mol. The van der Waals surface area contributed by atoms with Crippen molar-refractivity contribution in [1.29, 1.82) is 0 Å². The number of nitrogens with zero attached hydrogens (tertiary/aromatic N) is 3. The highest BCUT2D eigenvalue weighted by Crippen LogP contribution is 2.17. The summed E-state index contributed by atoms with van der Waals surface area (Å²) in [4.78, 5) is 28.5. The molecule has 0 aliphatic carbocycles. The lowest BCUT2D eigenvalue weighted by atomic mass is 10.3. The molecule has 0 bridgehead atoms. The van der Waals surface area contributed by atoms with Gasteiger partial charge < -0.3 is 0 Å². The predicted octanol–water partition coefficient (Wildman–Crippen LogP) is 1.88. The van der Waals surface area contributed by atoms with Gasteiger partial charge in [-0.05, 0) is 0 Å². The Morgan fingerprint density at radius 3 is 2.43 bits per heavy atom. The van der Waals surface area contributed by atoms with Gasteiger partial charge in [0.05, 0.1) is 5.56 Å². The molecule has 1 amide bonds. The van der Waals surface area contributed by atoms with Crippen molar-refractivity contribution in [3.8, 4) is 0 Å². The summed E-state index contributed by atoms with van der Waals surface area (Å²) in [6, 6.07) is 0. The Morgan fingerprint density at radius 2 is 2.00 bits per heavy atom. The molecule has 1 heterocycles. The third-order valence-electron chi connectivity index (χ3n) is 1.30. The minimum Gasteiger partial charge on any atom is -0.263 e. The first-order chi connectivity index (χ1) is 6.63. The molecule has 5 nitrogen and oxygen atoms in total. The van der Waals surface area contributed by atoms with Crippen LogP contribution in [0.3, 0.4) is 0 Å². The number of nitroso groups, excluding NO2 is 1. The molecule has 0 N–H and O–H groups in total. The second-order valence-electron chi connectivity index (χ2n) is 2.82. The number of amides is 1. The topological polar surface area (TPSA) is 72.3 Å². The maximum absolute atomic E-state index is 10.8. The molecule has 0 aliphatic rings. The summed E-state index contributed by atoms with van der Waals surface area (Å²) in [7, 11) is 0. The fourth-order valence-electron chi connectivity index (χ4n) is 0.751. The highest BCUT2D eigenvalue weighted by atomic mass is 32.2. The van der Waals surface area contributed by atoms with Crippen LogP contribution in [0.4, 0.5) is 0 Å². The molecule has 0 radical (unpaired) electrons. The van der Waals surface area contributed by atoms with Gasteiger partial charge in [0.2, 0.25) is 0 Å². The fraction of sp³-hybridized carbons (Fsp3) is 0.375. The maximum Gasteiger partial charge on any atom is 0.319 e. The second kappa shape index (κ2) is 4.80. The average Bonchev–Trinajstić information content (AvgIpc) is 2.17. The van der Waals surface area contributed by atoms with Crippen LogP contribution >= 0.6 is 11.8 Å². The van der Waals surface area contributed by atoms with Gasteiger partial charge >= 0.3 is 5.91 Å².